The number of nitrogens with one attached hydrogen (secondary N) is 5. The van der Waals surface area contributed by atoms with Gasteiger partial charge in [0.2, 0.25) is 17.7 Å². The van der Waals surface area contributed by atoms with Crippen LogP contribution in [0.3, 0.4) is 0 Å². The van der Waals surface area contributed by atoms with E-state index in [0.29, 0.717) is 19.5 Å². The quantitative estimate of drug-likeness (QED) is 0.0323. The molecule has 0 saturated carbocycles. The minimum atomic E-state index is -1.24. The summed E-state index contributed by atoms with van der Waals surface area (Å²) in [4.78, 5) is 39.4. The average molecular weight is 489 g/mol. The molecular weight excluding hydrogens is 446 g/mol. The van der Waals surface area contributed by atoms with E-state index in [1.807, 2.05) is 13.8 Å². The Morgan fingerprint density at radius 2 is 1.85 bits per heavy atom. The maximum atomic E-state index is 12.8. The minimum absolute atomic E-state index is 0.140. The normalized spacial score (nSPS) is 13.5. The molecule has 196 valence electrons. The number of quaternary nitrogens is 1. The summed E-state index contributed by atoms with van der Waals surface area (Å²) in [5.74, 6) is -1.03. The summed E-state index contributed by atoms with van der Waals surface area (Å²) >= 11 is 0. The molecule has 0 saturated heterocycles. The van der Waals surface area contributed by atoms with Gasteiger partial charge in [-0.2, -0.15) is 0 Å². The molecule has 2 unspecified atom stereocenters. The smallest absolute Gasteiger partial charge is 0.242 e. The zero-order valence-electron chi connectivity index (χ0n) is 20.5. The number of nitrogens with zero attached hydrogens (tertiary/aromatic N) is 3. The van der Waals surface area contributed by atoms with Crippen molar-refractivity contribution < 1.29 is 30.0 Å². The van der Waals surface area contributed by atoms with Crippen LogP contribution < -0.4 is 32.3 Å². The van der Waals surface area contributed by atoms with Crippen molar-refractivity contribution in [3.63, 3.8) is 0 Å². The Morgan fingerprint density at radius 1 is 1.12 bits per heavy atom. The van der Waals surface area contributed by atoms with Gasteiger partial charge in [-0.1, -0.05) is 19.0 Å². The van der Waals surface area contributed by atoms with Gasteiger partial charge in [-0.15, -0.1) is 0 Å². The third-order valence-corrected chi connectivity index (χ3v) is 4.49. The lowest BCUT2D eigenvalue weighted by molar-refractivity contribution is -0.365. The van der Waals surface area contributed by atoms with Gasteiger partial charge in [0.15, 0.2) is 0 Å². The summed E-state index contributed by atoms with van der Waals surface area (Å²) in [6.45, 7) is 8.52. The zero-order valence-corrected chi connectivity index (χ0v) is 20.5. The second-order valence-electron chi connectivity index (χ2n) is 8.12. The summed E-state index contributed by atoms with van der Waals surface area (Å²) in [6, 6.07) is -1.72. The highest BCUT2D eigenvalue weighted by Gasteiger charge is 2.28. The van der Waals surface area contributed by atoms with Crippen LogP contribution in [0.15, 0.2) is 5.11 Å². The molecule has 0 aliphatic carbocycles. The van der Waals surface area contributed by atoms with E-state index in [1.165, 1.54) is 6.92 Å². The van der Waals surface area contributed by atoms with Crippen LogP contribution in [-0.4, -0.2) is 93.6 Å². The summed E-state index contributed by atoms with van der Waals surface area (Å²) in [5.41, 5.74) is 12.0. The molecule has 0 aromatic rings. The molecule has 0 spiro atoms. The van der Waals surface area contributed by atoms with Crippen LogP contribution in [-0.2, 0) is 19.1 Å². The monoisotopic (exact) mass is 488 g/mol. The second kappa shape index (κ2) is 19.9. The molecule has 0 rings (SSSR count). The van der Waals surface area contributed by atoms with Crippen LogP contribution in [0.4, 0.5) is 0 Å². The number of rotatable bonds is 20. The number of carbonyl (C=O) groups excluding carboxylic acids is 3. The Bertz CT molecular complexity index is 644. The third-order valence-electron chi connectivity index (χ3n) is 4.49. The molecule has 34 heavy (non-hydrogen) atoms. The van der Waals surface area contributed by atoms with Crippen LogP contribution in [0.25, 0.3) is 10.4 Å². The number of aliphatic hydroxyl groups excluding tert-OH is 1. The Morgan fingerprint density at radius 3 is 2.47 bits per heavy atom. The van der Waals surface area contributed by atoms with Crippen LogP contribution in [0, 0.1) is 5.92 Å². The molecule has 0 aliphatic rings. The summed E-state index contributed by atoms with van der Waals surface area (Å²) in [7, 11) is 0. The number of carbonyl (C=O) groups is 3. The lowest BCUT2D eigenvalue weighted by Gasteiger charge is -2.27. The van der Waals surface area contributed by atoms with Crippen LogP contribution >= 0.6 is 0 Å². The van der Waals surface area contributed by atoms with Crippen molar-refractivity contribution in [3.8, 4) is 0 Å². The van der Waals surface area contributed by atoms with Gasteiger partial charge in [-0.3, -0.25) is 19.7 Å². The molecule has 9 N–H and O–H groups in total. The van der Waals surface area contributed by atoms with Crippen molar-refractivity contribution in [2.45, 2.75) is 51.9 Å². The van der Waals surface area contributed by atoms with E-state index in [9.17, 15) is 19.5 Å². The minimum Gasteiger partial charge on any atom is -0.380 e. The molecule has 0 radical (unpaired) electrons. The molecule has 0 heterocycles. The Hall–Kier alpha value is -2.48. The van der Waals surface area contributed by atoms with Gasteiger partial charge >= 0.3 is 0 Å². The number of azide groups is 1. The molecule has 0 aromatic carbocycles. The van der Waals surface area contributed by atoms with Gasteiger partial charge in [-0.25, -0.2) is 0 Å². The molecule has 3 amide bonds. The van der Waals surface area contributed by atoms with E-state index in [2.05, 4.69) is 42.3 Å². The first-order chi connectivity index (χ1) is 16.2. The van der Waals surface area contributed by atoms with E-state index in [-0.39, 0.29) is 50.5 Å². The van der Waals surface area contributed by atoms with Gasteiger partial charge in [0, 0.05) is 44.6 Å². The number of aliphatic hydroxyl groups is 1. The highest BCUT2D eigenvalue weighted by Crippen LogP contribution is 2.07. The van der Waals surface area contributed by atoms with Crippen molar-refractivity contribution >= 4 is 17.7 Å². The number of ether oxygens (including phenoxy) is 1. The molecule has 14 heteroatoms. The largest absolute Gasteiger partial charge is 0.380 e. The lowest BCUT2D eigenvalue weighted by atomic mass is 10.0. The molecule has 14 nitrogen and oxygen atoms in total. The van der Waals surface area contributed by atoms with E-state index >= 15 is 0 Å². The predicted octanol–water partition coefficient (Wildman–Crippen LogP) is -2.41. The standard InChI is InChI=1S/C20H41N9O5/c1-14(2)12-16(27-15(3)30)20(33)28-17(13-18(31)24-7-6-23-5-4-21)19(32)25-8-10-34-11-9-26-29-22/h14,16-17,19,23,25,32H,4-13,21H2,1-3H3,(H,24,31)(H,27,30)(H,28,33)/p+1/t16-,17?,19?/m1/s1. The topological polar surface area (TPSA) is 217 Å². The molecule has 0 bridgehead atoms. The van der Waals surface area contributed by atoms with Crippen LogP contribution in [0.1, 0.15) is 33.6 Å². The number of hydrogen-bond donors (Lipinski definition) is 7. The molecule has 3 atom stereocenters. The van der Waals surface area contributed by atoms with E-state index in [4.69, 9.17) is 10.3 Å². The van der Waals surface area contributed by atoms with E-state index in [1.54, 1.807) is 0 Å². The Kier molecular flexibility index (Phi) is 18.5. The Balaban J connectivity index is 4.97. The average Bonchev–Trinajstić information content (AvgIpc) is 2.76. The summed E-state index contributed by atoms with van der Waals surface area (Å²) in [6.07, 6.45) is -0.997. The van der Waals surface area contributed by atoms with Gasteiger partial charge in [0.1, 0.15) is 12.3 Å². The van der Waals surface area contributed by atoms with Gasteiger partial charge < -0.3 is 36.8 Å². The fourth-order valence-electron chi connectivity index (χ4n) is 2.96. The fraction of sp³-hybridized carbons (Fsp3) is 0.850. The first-order valence-electron chi connectivity index (χ1n) is 11.5. The van der Waals surface area contributed by atoms with E-state index in [0.717, 1.165) is 13.1 Å². The van der Waals surface area contributed by atoms with Crippen molar-refractivity contribution in [2.24, 2.45) is 11.0 Å². The van der Waals surface area contributed by atoms with Gasteiger partial charge in [0.25, 0.3) is 0 Å². The Labute approximate surface area is 200 Å². The third kappa shape index (κ3) is 17.1. The van der Waals surface area contributed by atoms with Crippen molar-refractivity contribution in [1.29, 1.82) is 0 Å². The van der Waals surface area contributed by atoms with Crippen molar-refractivity contribution in [1.82, 2.24) is 26.6 Å². The second-order valence-corrected chi connectivity index (χ2v) is 8.12. The van der Waals surface area contributed by atoms with Crippen molar-refractivity contribution in [2.75, 3.05) is 52.5 Å². The number of hydrogen-bond acceptors (Lipinski definition) is 8. The number of amides is 3. The predicted molar refractivity (Wildman–Crippen MR) is 126 cm³/mol. The summed E-state index contributed by atoms with van der Waals surface area (Å²) < 4.78 is 5.28. The maximum absolute atomic E-state index is 12.8. The molecule has 0 fully saturated rings. The van der Waals surface area contributed by atoms with Crippen LogP contribution in [0.5, 0.6) is 0 Å². The molecule has 0 aromatic heterocycles. The fourth-order valence-corrected chi connectivity index (χ4v) is 2.96. The highest BCUT2D eigenvalue weighted by atomic mass is 16.5. The molecular formula is C20H42N9O5+. The van der Waals surface area contributed by atoms with E-state index < -0.39 is 24.2 Å². The maximum Gasteiger partial charge on any atom is 0.242 e. The highest BCUT2D eigenvalue weighted by molar-refractivity contribution is 5.87. The molecule has 0 aliphatic heterocycles. The zero-order chi connectivity index (χ0) is 25.8. The lowest BCUT2D eigenvalue weighted by Crippen LogP contribution is -2.57. The SMILES string of the molecule is CC(=O)N[C@H](CC(C)C)C(=O)NC(CC(=O)NCCNCC[NH3+])C(O)NCCOCCN=[N+]=[N-]. The van der Waals surface area contributed by atoms with Gasteiger partial charge in [-0.05, 0) is 17.9 Å². The van der Waals surface area contributed by atoms with Crippen molar-refractivity contribution in [3.05, 3.63) is 10.4 Å². The van der Waals surface area contributed by atoms with Crippen LogP contribution in [0.2, 0.25) is 0 Å². The van der Waals surface area contributed by atoms with Gasteiger partial charge in [0.05, 0.1) is 32.2 Å². The summed E-state index contributed by atoms with van der Waals surface area (Å²) in [5, 5.41) is 27.9. The first kappa shape index (κ1) is 31.5. The first-order valence-corrected chi connectivity index (χ1v) is 11.5.